The van der Waals surface area contributed by atoms with Crippen molar-refractivity contribution < 1.29 is 40.1 Å². The van der Waals surface area contributed by atoms with Gasteiger partial charge in [0, 0.05) is 0 Å². The maximum Gasteiger partial charge on any atom is 0.343 e. The predicted molar refractivity (Wildman–Crippen MR) is 77.6 cm³/mol. The normalized spacial score (nSPS) is 11.2. The Morgan fingerprint density at radius 3 is 1.88 bits per heavy atom. The van der Waals surface area contributed by atoms with Gasteiger partial charge >= 0.3 is 16.1 Å². The monoisotopic (exact) mass is 376 g/mol. The highest BCUT2D eigenvalue weighted by molar-refractivity contribution is 7.85. The van der Waals surface area contributed by atoms with Crippen molar-refractivity contribution in [3.63, 3.8) is 0 Å². The van der Waals surface area contributed by atoms with Gasteiger partial charge in [-0.05, 0) is 17.7 Å². The van der Waals surface area contributed by atoms with Crippen molar-refractivity contribution in [2.45, 2.75) is 4.90 Å². The summed E-state index contributed by atoms with van der Waals surface area (Å²) in [4.78, 5) is 9.60. The third kappa shape index (κ3) is 3.54. The Labute approximate surface area is 138 Å². The van der Waals surface area contributed by atoms with Crippen molar-refractivity contribution in [2.24, 2.45) is 0 Å². The van der Waals surface area contributed by atoms with Gasteiger partial charge in [-0.3, -0.25) is 4.55 Å². The summed E-state index contributed by atoms with van der Waals surface area (Å²) in [5, 5.41) is 0. The van der Waals surface area contributed by atoms with Crippen LogP contribution in [-0.2, 0) is 10.1 Å². The zero-order valence-electron chi connectivity index (χ0n) is 12.1. The van der Waals surface area contributed by atoms with Gasteiger partial charge in [-0.25, -0.2) is 13.6 Å². The average molecular weight is 376 g/mol. The van der Waals surface area contributed by atoms with Gasteiger partial charge in [0.05, 0.1) is 5.56 Å². The zero-order chi connectivity index (χ0) is 18.9. The number of hydrogen-bond donors (Lipinski definition) is 1. The first-order chi connectivity index (χ1) is 11.6. The van der Waals surface area contributed by atoms with Crippen molar-refractivity contribution in [2.75, 3.05) is 0 Å². The fourth-order valence-corrected chi connectivity index (χ4v) is 2.45. The molecule has 10 heteroatoms. The van der Waals surface area contributed by atoms with E-state index in [1.165, 1.54) is 30.3 Å². The third-order valence-corrected chi connectivity index (χ3v) is 3.89. The summed E-state index contributed by atoms with van der Waals surface area (Å²) in [6.45, 7) is 3.48. The van der Waals surface area contributed by atoms with Gasteiger partial charge in [0.1, 0.15) is 0 Å². The molecule has 0 unspecified atom stereocenters. The Kier molecular flexibility index (Phi) is 4.95. The molecule has 2 rings (SSSR count). The van der Waals surface area contributed by atoms with Crippen LogP contribution < -0.4 is 4.74 Å². The molecular weight excluding hydrogens is 368 g/mol. The molecule has 0 aliphatic carbocycles. The van der Waals surface area contributed by atoms with Crippen molar-refractivity contribution in [3.8, 4) is 5.75 Å². The lowest BCUT2D eigenvalue weighted by Gasteiger charge is -2.10. The number of carbonyl (C=O) groups excluding carboxylic acids is 1. The van der Waals surface area contributed by atoms with E-state index < -0.39 is 50.0 Å². The molecule has 0 saturated carbocycles. The number of halogens is 4. The van der Waals surface area contributed by atoms with Crippen LogP contribution in [0.25, 0.3) is 6.08 Å². The quantitative estimate of drug-likeness (QED) is 0.291. The van der Waals surface area contributed by atoms with E-state index in [1.807, 2.05) is 0 Å². The van der Waals surface area contributed by atoms with E-state index in [0.29, 0.717) is 5.56 Å². The van der Waals surface area contributed by atoms with E-state index in [0.717, 1.165) is 0 Å². The number of benzene rings is 2. The van der Waals surface area contributed by atoms with E-state index in [1.54, 1.807) is 0 Å². The first-order valence-corrected chi connectivity index (χ1v) is 7.80. The Hall–Kier alpha value is -2.72. The number of hydrogen-bond acceptors (Lipinski definition) is 4. The molecule has 0 radical (unpaired) electrons. The van der Waals surface area contributed by atoms with Crippen LogP contribution in [0.5, 0.6) is 5.75 Å². The second kappa shape index (κ2) is 6.65. The van der Waals surface area contributed by atoms with Crippen molar-refractivity contribution >= 4 is 22.2 Å². The third-order valence-electron chi connectivity index (χ3n) is 3.02. The fourth-order valence-electron chi connectivity index (χ4n) is 1.81. The van der Waals surface area contributed by atoms with E-state index in [9.17, 15) is 30.8 Å². The van der Waals surface area contributed by atoms with Gasteiger partial charge in [0.25, 0.3) is 0 Å². The minimum atomic E-state index is -5.59. The lowest BCUT2D eigenvalue weighted by molar-refractivity contribution is 0.0716. The van der Waals surface area contributed by atoms with E-state index in [2.05, 4.69) is 11.3 Å². The molecule has 132 valence electrons. The molecule has 2 aromatic carbocycles. The van der Waals surface area contributed by atoms with Crippen LogP contribution in [0.1, 0.15) is 15.9 Å². The molecule has 1 N–H and O–H groups in total. The molecule has 0 spiro atoms. The summed E-state index contributed by atoms with van der Waals surface area (Å²) in [5.41, 5.74) is 0.410. The molecular formula is C15H8F4O5S. The summed E-state index contributed by atoms with van der Waals surface area (Å²) in [6.07, 6.45) is 1.45. The smallest absolute Gasteiger partial charge is 0.343 e. The fraction of sp³-hybridized carbons (Fsp3) is 0. The Balaban J connectivity index is 2.49. The number of rotatable bonds is 4. The van der Waals surface area contributed by atoms with E-state index in [4.69, 9.17) is 4.55 Å². The molecule has 5 nitrogen and oxygen atoms in total. The standard InChI is InChI=1S/C15H8F4O5S/c1-2-7-3-5-8(6-4-7)15(20)24-13-9(16)11(18)14(25(21,22)23)12(19)10(13)17/h2-6H,1H2,(H,21,22,23). The first-order valence-electron chi connectivity index (χ1n) is 6.36. The molecule has 0 aromatic heterocycles. The maximum atomic E-state index is 13.8. The van der Waals surface area contributed by atoms with Gasteiger partial charge in [-0.1, -0.05) is 24.8 Å². The van der Waals surface area contributed by atoms with Crippen LogP contribution in [0.3, 0.4) is 0 Å². The molecule has 0 saturated heterocycles. The average Bonchev–Trinajstić information content (AvgIpc) is 2.55. The summed E-state index contributed by atoms with van der Waals surface area (Å²) >= 11 is 0. The summed E-state index contributed by atoms with van der Waals surface area (Å²) in [7, 11) is -5.59. The van der Waals surface area contributed by atoms with Crippen LogP contribution in [0, 0.1) is 23.3 Å². The molecule has 0 amide bonds. The van der Waals surface area contributed by atoms with Gasteiger partial charge in [-0.2, -0.15) is 17.2 Å². The minimum absolute atomic E-state index is 0.205. The Morgan fingerprint density at radius 1 is 1.00 bits per heavy atom. The van der Waals surface area contributed by atoms with Gasteiger partial charge < -0.3 is 4.74 Å². The summed E-state index contributed by atoms with van der Waals surface area (Å²) in [5.74, 6) is -12.6. The SMILES string of the molecule is C=Cc1ccc(C(=O)Oc2c(F)c(F)c(S(=O)(=O)O)c(F)c2F)cc1. The molecule has 0 heterocycles. The number of esters is 1. The minimum Gasteiger partial charge on any atom is -0.416 e. The molecule has 2 aromatic rings. The second-order valence-electron chi connectivity index (χ2n) is 4.60. The van der Waals surface area contributed by atoms with Crippen molar-refractivity contribution in [3.05, 3.63) is 65.2 Å². The number of ether oxygens (including phenoxy) is 1. The first kappa shape index (κ1) is 18.6. The largest absolute Gasteiger partial charge is 0.416 e. The van der Waals surface area contributed by atoms with Crippen LogP contribution in [-0.4, -0.2) is 18.9 Å². The van der Waals surface area contributed by atoms with Crippen molar-refractivity contribution in [1.29, 1.82) is 0 Å². The lowest BCUT2D eigenvalue weighted by Crippen LogP contribution is -2.15. The summed E-state index contributed by atoms with van der Waals surface area (Å²) < 4.78 is 89.4. The topological polar surface area (TPSA) is 80.7 Å². The molecule has 25 heavy (non-hydrogen) atoms. The van der Waals surface area contributed by atoms with Gasteiger partial charge in [0.15, 0.2) is 16.5 Å². The van der Waals surface area contributed by atoms with E-state index >= 15 is 0 Å². The Morgan fingerprint density at radius 2 is 1.48 bits per heavy atom. The van der Waals surface area contributed by atoms with Gasteiger partial charge in [0.2, 0.25) is 17.4 Å². The summed E-state index contributed by atoms with van der Waals surface area (Å²) in [6, 6.07) is 5.24. The molecule has 0 fully saturated rings. The highest BCUT2D eigenvalue weighted by atomic mass is 32.2. The zero-order valence-corrected chi connectivity index (χ0v) is 12.9. The molecule has 0 atom stereocenters. The molecule has 0 bridgehead atoms. The molecule has 0 aliphatic rings. The van der Waals surface area contributed by atoms with Crippen LogP contribution in [0.15, 0.2) is 35.7 Å². The van der Waals surface area contributed by atoms with E-state index in [-0.39, 0.29) is 5.56 Å². The highest BCUT2D eigenvalue weighted by Gasteiger charge is 2.34. The highest BCUT2D eigenvalue weighted by Crippen LogP contribution is 2.32. The maximum absolute atomic E-state index is 13.8. The van der Waals surface area contributed by atoms with Crippen LogP contribution in [0.4, 0.5) is 17.6 Å². The van der Waals surface area contributed by atoms with Gasteiger partial charge in [-0.15, -0.1) is 0 Å². The van der Waals surface area contributed by atoms with Crippen LogP contribution in [0.2, 0.25) is 0 Å². The molecule has 0 aliphatic heterocycles. The van der Waals surface area contributed by atoms with Crippen molar-refractivity contribution in [1.82, 2.24) is 0 Å². The lowest BCUT2D eigenvalue weighted by atomic mass is 10.1. The Bertz CT molecular complexity index is 939. The second-order valence-corrected chi connectivity index (χ2v) is 5.96. The number of carbonyl (C=O) groups is 1. The van der Waals surface area contributed by atoms with Crippen LogP contribution >= 0.6 is 0 Å². The predicted octanol–water partition coefficient (Wildman–Crippen LogP) is 3.35.